The number of hydrogen-bond acceptors (Lipinski definition) is 7. The number of carbonyl (C=O) groups is 2. The van der Waals surface area contributed by atoms with Crippen molar-refractivity contribution in [3.63, 3.8) is 0 Å². The van der Waals surface area contributed by atoms with Crippen LogP contribution in [0.25, 0.3) is 0 Å². The van der Waals surface area contributed by atoms with Crippen molar-refractivity contribution in [1.82, 2.24) is 20.2 Å². The minimum Gasteiger partial charge on any atom is -0.497 e. The fourth-order valence-electron chi connectivity index (χ4n) is 3.99. The molecule has 0 aliphatic heterocycles. The van der Waals surface area contributed by atoms with Gasteiger partial charge in [-0.1, -0.05) is 37.6 Å². The highest BCUT2D eigenvalue weighted by Crippen LogP contribution is 2.32. The summed E-state index contributed by atoms with van der Waals surface area (Å²) in [6.45, 7) is 7.97. The van der Waals surface area contributed by atoms with Gasteiger partial charge in [-0.2, -0.15) is 4.80 Å². The summed E-state index contributed by atoms with van der Waals surface area (Å²) in [5.41, 5.74) is 1.44. The summed E-state index contributed by atoms with van der Waals surface area (Å²) in [5.74, 6) is -0.941. The Hall–Kier alpha value is -3.75. The van der Waals surface area contributed by atoms with E-state index < -0.39 is 17.5 Å². The Morgan fingerprint density at radius 2 is 1.67 bits per heavy atom. The normalized spacial score (nSPS) is 13.1. The van der Waals surface area contributed by atoms with Crippen LogP contribution in [0.1, 0.15) is 73.8 Å². The van der Waals surface area contributed by atoms with Crippen molar-refractivity contribution in [3.8, 4) is 5.75 Å². The Bertz CT molecular complexity index is 1150. The maximum absolute atomic E-state index is 13.3. The lowest BCUT2D eigenvalue weighted by Crippen LogP contribution is -2.33. The van der Waals surface area contributed by atoms with Gasteiger partial charge in [-0.05, 0) is 74.2 Å². The highest BCUT2D eigenvalue weighted by molar-refractivity contribution is 5.87. The largest absolute Gasteiger partial charge is 0.497 e. The molecule has 0 saturated heterocycles. The molecule has 0 aliphatic carbocycles. The first kappa shape index (κ1) is 26.8. The second kappa shape index (κ2) is 11.8. The molecule has 1 N–H and O–H groups in total. The molecule has 9 nitrogen and oxygen atoms in total. The number of rotatable bonds is 11. The zero-order chi connectivity index (χ0) is 26.3. The Labute approximate surface area is 211 Å². The van der Waals surface area contributed by atoms with Crippen LogP contribution in [0.15, 0.2) is 48.5 Å². The molecule has 2 aromatic carbocycles. The van der Waals surface area contributed by atoms with Gasteiger partial charge in [-0.3, -0.25) is 4.79 Å². The van der Waals surface area contributed by atoms with E-state index in [4.69, 9.17) is 9.47 Å². The molecule has 0 bridgehead atoms. The molecule has 3 rings (SSSR count). The highest BCUT2D eigenvalue weighted by Gasteiger charge is 2.35. The number of hydrogen-bond donors (Lipinski definition) is 1. The zero-order valence-electron chi connectivity index (χ0n) is 21.5. The molecule has 9 heteroatoms. The monoisotopic (exact) mass is 494 g/mol. The number of carboxylic acid groups (broad SMARTS) is 1. The van der Waals surface area contributed by atoms with E-state index in [1.165, 1.54) is 4.80 Å². The average molecular weight is 495 g/mol. The van der Waals surface area contributed by atoms with E-state index in [0.717, 1.165) is 23.3 Å². The average Bonchev–Trinajstić information content (AvgIpc) is 3.29. The molecule has 0 spiro atoms. The smallest absolute Gasteiger partial charge is 0.335 e. The van der Waals surface area contributed by atoms with Gasteiger partial charge >= 0.3 is 11.9 Å². The summed E-state index contributed by atoms with van der Waals surface area (Å²) in [6, 6.07) is 14.3. The molecule has 0 aliphatic rings. The third kappa shape index (κ3) is 7.37. The number of ether oxygens (including phenoxy) is 2. The fraction of sp³-hybridized carbons (Fsp3) is 0.444. The van der Waals surface area contributed by atoms with E-state index in [2.05, 4.69) is 15.4 Å². The Morgan fingerprint density at radius 3 is 2.22 bits per heavy atom. The molecule has 3 aromatic rings. The number of carbonyl (C=O) groups excluding carboxylic acids is 1. The van der Waals surface area contributed by atoms with Gasteiger partial charge in [0.25, 0.3) is 0 Å². The quantitative estimate of drug-likeness (QED) is 0.387. The number of tetrazole rings is 1. The molecular weight excluding hydrogens is 460 g/mol. The van der Waals surface area contributed by atoms with Crippen molar-refractivity contribution in [1.29, 1.82) is 0 Å². The number of carboxylic acids is 1. The number of benzene rings is 2. The number of methoxy groups -OCH3 is 1. The minimum atomic E-state index is -0.987. The van der Waals surface area contributed by atoms with Gasteiger partial charge in [0, 0.05) is 5.92 Å². The first-order chi connectivity index (χ1) is 17.1. The molecule has 1 heterocycles. The van der Waals surface area contributed by atoms with Crippen LogP contribution in [-0.2, 0) is 22.5 Å². The lowest BCUT2D eigenvalue weighted by molar-refractivity contribution is -0.161. The third-order valence-electron chi connectivity index (χ3n) is 5.73. The van der Waals surface area contributed by atoms with Crippen molar-refractivity contribution in [2.24, 2.45) is 5.92 Å². The van der Waals surface area contributed by atoms with Crippen molar-refractivity contribution < 1.29 is 24.2 Å². The second-order valence-electron chi connectivity index (χ2n) is 9.77. The third-order valence-corrected chi connectivity index (χ3v) is 5.73. The molecule has 0 radical (unpaired) electrons. The summed E-state index contributed by atoms with van der Waals surface area (Å²) in [4.78, 5) is 26.0. The summed E-state index contributed by atoms with van der Waals surface area (Å²) in [5, 5.41) is 22.4. The van der Waals surface area contributed by atoms with Crippen molar-refractivity contribution in [2.75, 3.05) is 7.11 Å². The van der Waals surface area contributed by atoms with E-state index in [9.17, 15) is 14.7 Å². The Balaban J connectivity index is 1.92. The maximum atomic E-state index is 13.3. The van der Waals surface area contributed by atoms with E-state index in [0.29, 0.717) is 25.2 Å². The van der Waals surface area contributed by atoms with Crippen LogP contribution in [0.4, 0.5) is 0 Å². The SMILES string of the molecule is CCC[C@H](C(=O)OC(C)(C)C)[C@H](Cc1ccc(C(=O)O)cc1)c1nnn(Cc2ccc(OC)cc2)n1. The van der Waals surface area contributed by atoms with Crippen LogP contribution in [0.2, 0.25) is 0 Å². The molecule has 36 heavy (non-hydrogen) atoms. The van der Waals surface area contributed by atoms with Crippen LogP contribution >= 0.6 is 0 Å². The summed E-state index contributed by atoms with van der Waals surface area (Å²) in [7, 11) is 1.62. The standard InChI is InChI=1S/C27H34N4O5/c1-6-7-22(26(34)36-27(2,3)4)23(16-18-8-12-20(13-9-18)25(32)33)24-28-30-31(29-24)17-19-10-14-21(35-5)15-11-19/h8-15,22-23H,6-7,16-17H2,1-5H3,(H,32,33)/t22-,23-/m0/s1. The zero-order valence-corrected chi connectivity index (χ0v) is 21.5. The summed E-state index contributed by atoms with van der Waals surface area (Å²) < 4.78 is 11.0. The van der Waals surface area contributed by atoms with Crippen LogP contribution < -0.4 is 4.74 Å². The highest BCUT2D eigenvalue weighted by atomic mass is 16.6. The van der Waals surface area contributed by atoms with Gasteiger partial charge in [0.05, 0.1) is 25.1 Å². The lowest BCUT2D eigenvalue weighted by atomic mass is 9.83. The predicted octanol–water partition coefficient (Wildman–Crippen LogP) is 4.51. The molecular formula is C27H34N4O5. The van der Waals surface area contributed by atoms with Gasteiger partial charge in [0.2, 0.25) is 0 Å². The van der Waals surface area contributed by atoms with Gasteiger partial charge in [-0.15, -0.1) is 10.2 Å². The summed E-state index contributed by atoms with van der Waals surface area (Å²) in [6.07, 6.45) is 1.82. The molecule has 0 unspecified atom stereocenters. The van der Waals surface area contributed by atoms with Crippen LogP contribution in [0.3, 0.4) is 0 Å². The van der Waals surface area contributed by atoms with Gasteiger partial charge in [0.15, 0.2) is 5.82 Å². The van der Waals surface area contributed by atoms with Crippen molar-refractivity contribution in [3.05, 3.63) is 71.0 Å². The van der Waals surface area contributed by atoms with Gasteiger partial charge < -0.3 is 14.6 Å². The van der Waals surface area contributed by atoms with Crippen molar-refractivity contribution in [2.45, 2.75) is 65.0 Å². The number of aromatic nitrogens is 4. The molecule has 0 saturated carbocycles. The second-order valence-corrected chi connectivity index (χ2v) is 9.77. The first-order valence-corrected chi connectivity index (χ1v) is 12.1. The van der Waals surface area contributed by atoms with E-state index in [-0.39, 0.29) is 17.5 Å². The van der Waals surface area contributed by atoms with Crippen molar-refractivity contribution >= 4 is 11.9 Å². The summed E-state index contributed by atoms with van der Waals surface area (Å²) >= 11 is 0. The predicted molar refractivity (Wildman–Crippen MR) is 134 cm³/mol. The molecule has 1 aromatic heterocycles. The first-order valence-electron chi connectivity index (χ1n) is 12.1. The number of aromatic carboxylic acids is 1. The minimum absolute atomic E-state index is 0.205. The van der Waals surface area contributed by atoms with E-state index in [1.807, 2.05) is 52.0 Å². The Kier molecular flexibility index (Phi) is 8.79. The lowest BCUT2D eigenvalue weighted by Gasteiger charge is -2.28. The Morgan fingerprint density at radius 1 is 1.03 bits per heavy atom. The number of esters is 1. The van der Waals surface area contributed by atoms with E-state index >= 15 is 0 Å². The topological polar surface area (TPSA) is 116 Å². The molecule has 0 fully saturated rings. The van der Waals surface area contributed by atoms with Gasteiger partial charge in [-0.25, -0.2) is 4.79 Å². The van der Waals surface area contributed by atoms with E-state index in [1.54, 1.807) is 31.4 Å². The fourth-order valence-corrected chi connectivity index (χ4v) is 3.99. The molecule has 192 valence electrons. The van der Waals surface area contributed by atoms with Crippen LogP contribution in [0.5, 0.6) is 5.75 Å². The molecule has 0 amide bonds. The maximum Gasteiger partial charge on any atom is 0.335 e. The van der Waals surface area contributed by atoms with Crippen LogP contribution in [-0.4, -0.2) is 50.0 Å². The van der Waals surface area contributed by atoms with Crippen LogP contribution in [0, 0.1) is 5.92 Å². The number of nitrogens with zero attached hydrogens (tertiary/aromatic N) is 4. The molecule has 2 atom stereocenters. The van der Waals surface area contributed by atoms with Gasteiger partial charge in [0.1, 0.15) is 11.4 Å².